The van der Waals surface area contributed by atoms with Crippen LogP contribution in [-0.2, 0) is 0 Å². The average Bonchev–Trinajstić information content (AvgIpc) is 2.63. The lowest BCUT2D eigenvalue weighted by Gasteiger charge is -2.51. The van der Waals surface area contributed by atoms with Gasteiger partial charge in [-0.25, -0.2) is 0 Å². The molecule has 4 nitrogen and oxygen atoms in total. The summed E-state index contributed by atoms with van der Waals surface area (Å²) in [6.45, 7) is 8.47. The predicted molar refractivity (Wildman–Crippen MR) is 105 cm³/mol. The van der Waals surface area contributed by atoms with Crippen molar-refractivity contribution < 1.29 is 4.79 Å². The Balaban J connectivity index is 1.52. The number of rotatable bonds is 1. The fourth-order valence-corrected chi connectivity index (χ4v) is 4.95. The molecule has 0 N–H and O–H groups in total. The van der Waals surface area contributed by atoms with E-state index in [9.17, 15) is 4.79 Å². The molecule has 4 heteroatoms. The van der Waals surface area contributed by atoms with E-state index in [-0.39, 0.29) is 5.91 Å². The highest BCUT2D eigenvalue weighted by atomic mass is 16.2. The molecule has 1 aromatic heterocycles. The number of aromatic nitrogens is 1. The molecule has 0 saturated carbocycles. The standard InChI is InChI=1S/C22H29N3O/c1-16-14-25(12-10-22(16)9-4-11-24(3)15-22)21(26)19-7-8-20-18(13-19)6-5-17(2)23-20/h5-8,13,16H,4,9-12,14-15H2,1-3H3. The van der Waals surface area contributed by atoms with Crippen molar-refractivity contribution in [2.24, 2.45) is 11.3 Å². The molecule has 0 aliphatic carbocycles. The third-order valence-electron chi connectivity index (χ3n) is 6.58. The van der Waals surface area contributed by atoms with E-state index in [2.05, 4.69) is 34.8 Å². The molecule has 2 atom stereocenters. The number of likely N-dealkylation sites (tertiary alicyclic amines) is 2. The minimum Gasteiger partial charge on any atom is -0.338 e. The van der Waals surface area contributed by atoms with Crippen molar-refractivity contribution in [1.29, 1.82) is 0 Å². The molecule has 2 saturated heterocycles. The lowest BCUT2D eigenvalue weighted by Crippen LogP contribution is -2.54. The summed E-state index contributed by atoms with van der Waals surface area (Å²) in [7, 11) is 2.23. The second kappa shape index (κ2) is 6.66. The van der Waals surface area contributed by atoms with E-state index in [0.29, 0.717) is 11.3 Å². The average molecular weight is 351 g/mol. The summed E-state index contributed by atoms with van der Waals surface area (Å²) in [6, 6.07) is 9.96. The number of benzene rings is 1. The van der Waals surface area contributed by atoms with Crippen molar-refractivity contribution in [3.05, 3.63) is 41.6 Å². The van der Waals surface area contributed by atoms with Crippen molar-refractivity contribution in [1.82, 2.24) is 14.8 Å². The Morgan fingerprint density at radius 2 is 2.04 bits per heavy atom. The lowest BCUT2D eigenvalue weighted by molar-refractivity contribution is -0.00875. The molecule has 1 aromatic carbocycles. The van der Waals surface area contributed by atoms with Crippen LogP contribution in [0.3, 0.4) is 0 Å². The monoisotopic (exact) mass is 351 g/mol. The zero-order valence-corrected chi connectivity index (χ0v) is 16.2. The van der Waals surface area contributed by atoms with Crippen LogP contribution in [0.1, 0.15) is 42.2 Å². The first kappa shape index (κ1) is 17.5. The van der Waals surface area contributed by atoms with Crippen LogP contribution < -0.4 is 0 Å². The highest BCUT2D eigenvalue weighted by Crippen LogP contribution is 2.43. The van der Waals surface area contributed by atoms with Crippen LogP contribution in [0.2, 0.25) is 0 Å². The Morgan fingerprint density at radius 1 is 1.19 bits per heavy atom. The molecule has 2 unspecified atom stereocenters. The number of amides is 1. The van der Waals surface area contributed by atoms with Gasteiger partial charge in [-0.15, -0.1) is 0 Å². The van der Waals surface area contributed by atoms with E-state index < -0.39 is 0 Å². The van der Waals surface area contributed by atoms with Crippen molar-refractivity contribution in [3.63, 3.8) is 0 Å². The molecule has 2 aromatic rings. The van der Waals surface area contributed by atoms with Crippen LogP contribution in [0.15, 0.2) is 30.3 Å². The van der Waals surface area contributed by atoms with Crippen LogP contribution in [-0.4, -0.2) is 53.9 Å². The van der Waals surface area contributed by atoms with Gasteiger partial charge in [-0.3, -0.25) is 9.78 Å². The van der Waals surface area contributed by atoms with E-state index in [4.69, 9.17) is 0 Å². The Bertz CT molecular complexity index is 833. The zero-order chi connectivity index (χ0) is 18.3. The zero-order valence-electron chi connectivity index (χ0n) is 16.2. The number of nitrogens with zero attached hydrogens (tertiary/aromatic N) is 3. The van der Waals surface area contributed by atoms with Gasteiger partial charge >= 0.3 is 0 Å². The summed E-state index contributed by atoms with van der Waals surface area (Å²) in [4.78, 5) is 22.2. The van der Waals surface area contributed by atoms with Crippen LogP contribution >= 0.6 is 0 Å². The Morgan fingerprint density at radius 3 is 2.81 bits per heavy atom. The maximum atomic E-state index is 13.1. The van der Waals surface area contributed by atoms with Gasteiger partial charge in [0.15, 0.2) is 0 Å². The Kier molecular flexibility index (Phi) is 4.47. The molecule has 0 bridgehead atoms. The smallest absolute Gasteiger partial charge is 0.253 e. The maximum Gasteiger partial charge on any atom is 0.253 e. The number of aryl methyl sites for hydroxylation is 1. The largest absolute Gasteiger partial charge is 0.338 e. The van der Waals surface area contributed by atoms with Gasteiger partial charge in [0.2, 0.25) is 0 Å². The number of pyridine rings is 1. The van der Waals surface area contributed by atoms with E-state index >= 15 is 0 Å². The van der Waals surface area contributed by atoms with Gasteiger partial charge < -0.3 is 9.80 Å². The fourth-order valence-electron chi connectivity index (χ4n) is 4.95. The highest BCUT2D eigenvalue weighted by Gasteiger charge is 2.43. The number of hydrogen-bond donors (Lipinski definition) is 0. The van der Waals surface area contributed by atoms with Gasteiger partial charge in [0.25, 0.3) is 5.91 Å². The fraction of sp³-hybridized carbons (Fsp3) is 0.545. The topological polar surface area (TPSA) is 36.4 Å². The number of carbonyl (C=O) groups is 1. The summed E-state index contributed by atoms with van der Waals surface area (Å²) in [5, 5.41) is 1.04. The maximum absolute atomic E-state index is 13.1. The lowest BCUT2D eigenvalue weighted by atomic mass is 9.66. The summed E-state index contributed by atoms with van der Waals surface area (Å²) < 4.78 is 0. The minimum atomic E-state index is 0.165. The predicted octanol–water partition coefficient (Wildman–Crippen LogP) is 3.74. The second-order valence-electron chi connectivity index (χ2n) is 8.47. The Labute approximate surface area is 156 Å². The molecule has 1 amide bonds. The van der Waals surface area contributed by atoms with Gasteiger partial charge in [0.1, 0.15) is 0 Å². The molecule has 2 aliphatic rings. The van der Waals surface area contributed by atoms with Gasteiger partial charge in [0.05, 0.1) is 5.52 Å². The molecule has 4 rings (SSSR count). The first-order chi connectivity index (χ1) is 12.5. The SMILES string of the molecule is Cc1ccc2cc(C(=O)N3CCC4(CCCN(C)C4)C(C)C3)ccc2n1. The number of carbonyl (C=O) groups excluding carboxylic acids is 1. The van der Waals surface area contributed by atoms with Gasteiger partial charge in [-0.05, 0) is 75.4 Å². The van der Waals surface area contributed by atoms with Crippen LogP contribution in [0.25, 0.3) is 10.9 Å². The molecule has 3 heterocycles. The summed E-state index contributed by atoms with van der Waals surface area (Å²) in [5.41, 5.74) is 3.14. The summed E-state index contributed by atoms with van der Waals surface area (Å²) in [6.07, 6.45) is 3.71. The van der Waals surface area contributed by atoms with Gasteiger partial charge in [0, 0.05) is 36.3 Å². The first-order valence-electron chi connectivity index (χ1n) is 9.82. The molecule has 138 valence electrons. The Hall–Kier alpha value is -1.94. The molecule has 1 spiro atoms. The van der Waals surface area contributed by atoms with Crippen LogP contribution in [0.4, 0.5) is 0 Å². The van der Waals surface area contributed by atoms with E-state index in [0.717, 1.165) is 41.7 Å². The quantitative estimate of drug-likeness (QED) is 0.785. The summed E-state index contributed by atoms with van der Waals surface area (Å²) >= 11 is 0. The highest BCUT2D eigenvalue weighted by molar-refractivity contribution is 5.98. The van der Waals surface area contributed by atoms with E-state index in [1.807, 2.05) is 31.2 Å². The van der Waals surface area contributed by atoms with Gasteiger partial charge in [-0.1, -0.05) is 13.0 Å². The third kappa shape index (κ3) is 3.11. The van der Waals surface area contributed by atoms with E-state index in [1.54, 1.807) is 0 Å². The molecule has 0 radical (unpaired) electrons. The molecule has 2 aliphatic heterocycles. The van der Waals surface area contributed by atoms with Gasteiger partial charge in [-0.2, -0.15) is 0 Å². The molecule has 26 heavy (non-hydrogen) atoms. The summed E-state index contributed by atoms with van der Waals surface area (Å²) in [5.74, 6) is 0.714. The van der Waals surface area contributed by atoms with E-state index in [1.165, 1.54) is 25.9 Å². The molecular weight excluding hydrogens is 322 g/mol. The van der Waals surface area contributed by atoms with Crippen molar-refractivity contribution in [2.75, 3.05) is 33.2 Å². The molecule has 2 fully saturated rings. The number of piperidine rings is 2. The minimum absolute atomic E-state index is 0.165. The molecular formula is C22H29N3O. The first-order valence-corrected chi connectivity index (χ1v) is 9.82. The van der Waals surface area contributed by atoms with Crippen molar-refractivity contribution in [2.45, 2.75) is 33.1 Å². The normalized spacial score (nSPS) is 27.2. The third-order valence-corrected chi connectivity index (χ3v) is 6.58. The van der Waals surface area contributed by atoms with Crippen LogP contribution in [0.5, 0.6) is 0 Å². The second-order valence-corrected chi connectivity index (χ2v) is 8.47. The number of fused-ring (bicyclic) bond motifs is 1. The van der Waals surface area contributed by atoms with Crippen LogP contribution in [0, 0.1) is 18.3 Å². The number of hydrogen-bond acceptors (Lipinski definition) is 3. The van der Waals surface area contributed by atoms with Crippen molar-refractivity contribution >= 4 is 16.8 Å². The van der Waals surface area contributed by atoms with Crippen molar-refractivity contribution in [3.8, 4) is 0 Å².